The highest BCUT2D eigenvalue weighted by atomic mass is 79.9. The second kappa shape index (κ2) is 7.31. The topological polar surface area (TPSA) is 29.1 Å². The summed E-state index contributed by atoms with van der Waals surface area (Å²) in [6.07, 6.45) is 5.60. The van der Waals surface area contributed by atoms with Crippen LogP contribution in [-0.2, 0) is 4.79 Å². The highest BCUT2D eigenvalue weighted by molar-refractivity contribution is 9.11. The summed E-state index contributed by atoms with van der Waals surface area (Å²) in [5, 5.41) is 3.28. The van der Waals surface area contributed by atoms with Crippen LogP contribution in [0.25, 0.3) is 0 Å². The van der Waals surface area contributed by atoms with Crippen LogP contribution in [0.3, 0.4) is 0 Å². The van der Waals surface area contributed by atoms with E-state index in [0.717, 1.165) is 39.5 Å². The standard InChI is InChI=1S/C18H23Br2NO/c1-4-18(2,3)13-5-8-17(22)12(9-13)11-21-16-7-6-14(19)10-15(16)20/h6-7,10-11,13,21H,4-5,8-9H2,1-3H3/b12-11+/t13-/m1/s1. The van der Waals surface area contributed by atoms with Crippen LogP contribution < -0.4 is 5.32 Å². The Labute approximate surface area is 150 Å². The zero-order valence-electron chi connectivity index (χ0n) is 13.4. The van der Waals surface area contributed by atoms with Crippen molar-refractivity contribution in [3.05, 3.63) is 38.9 Å². The number of hydrogen-bond donors (Lipinski definition) is 1. The second-order valence-electron chi connectivity index (χ2n) is 6.64. The van der Waals surface area contributed by atoms with Crippen LogP contribution in [0.2, 0.25) is 0 Å². The number of ketones is 1. The second-order valence-corrected chi connectivity index (χ2v) is 8.41. The summed E-state index contributed by atoms with van der Waals surface area (Å²) in [7, 11) is 0. The van der Waals surface area contributed by atoms with Gasteiger partial charge in [-0.15, -0.1) is 0 Å². The van der Waals surface area contributed by atoms with E-state index < -0.39 is 0 Å². The first kappa shape index (κ1) is 17.7. The summed E-state index contributed by atoms with van der Waals surface area (Å²) >= 11 is 6.98. The van der Waals surface area contributed by atoms with Crippen LogP contribution in [0.15, 0.2) is 38.9 Å². The average Bonchev–Trinajstić information content (AvgIpc) is 2.47. The van der Waals surface area contributed by atoms with Crippen LogP contribution in [0.5, 0.6) is 0 Å². The molecule has 2 rings (SSSR count). The van der Waals surface area contributed by atoms with Gasteiger partial charge in [-0.1, -0.05) is 43.1 Å². The summed E-state index contributed by atoms with van der Waals surface area (Å²) < 4.78 is 2.00. The van der Waals surface area contributed by atoms with Crippen LogP contribution in [0.1, 0.15) is 46.5 Å². The molecular weight excluding hydrogens is 406 g/mol. The highest BCUT2D eigenvalue weighted by Crippen LogP contribution is 2.41. The molecule has 0 aromatic heterocycles. The molecule has 0 amide bonds. The number of benzene rings is 1. The number of rotatable bonds is 4. The van der Waals surface area contributed by atoms with E-state index in [4.69, 9.17) is 0 Å². The number of nitrogens with one attached hydrogen (secondary N) is 1. The fourth-order valence-corrected chi connectivity index (χ4v) is 3.98. The molecule has 0 bridgehead atoms. The van der Waals surface area contributed by atoms with Gasteiger partial charge in [0.05, 0.1) is 5.69 Å². The minimum atomic E-state index is 0.281. The van der Waals surface area contributed by atoms with Gasteiger partial charge < -0.3 is 5.32 Å². The average molecular weight is 429 g/mol. The van der Waals surface area contributed by atoms with Gasteiger partial charge in [0.15, 0.2) is 5.78 Å². The number of carbonyl (C=O) groups excluding carboxylic acids is 1. The van der Waals surface area contributed by atoms with E-state index in [2.05, 4.69) is 57.9 Å². The lowest BCUT2D eigenvalue weighted by Crippen LogP contribution is -2.29. The lowest BCUT2D eigenvalue weighted by Gasteiger charge is -2.36. The van der Waals surface area contributed by atoms with E-state index in [1.54, 1.807) is 0 Å². The minimum Gasteiger partial charge on any atom is -0.360 e. The molecule has 1 aromatic rings. The fraction of sp³-hybridized carbons (Fsp3) is 0.500. The zero-order valence-corrected chi connectivity index (χ0v) is 16.6. The predicted octanol–water partition coefficient (Wildman–Crippen LogP) is 6.31. The first-order valence-corrected chi connectivity index (χ1v) is 9.36. The summed E-state index contributed by atoms with van der Waals surface area (Å²) in [5.74, 6) is 0.862. The van der Waals surface area contributed by atoms with Crippen LogP contribution >= 0.6 is 31.9 Å². The molecule has 1 aliphatic rings. The van der Waals surface area contributed by atoms with Crippen molar-refractivity contribution < 1.29 is 4.79 Å². The van der Waals surface area contributed by atoms with Crippen molar-refractivity contribution in [2.75, 3.05) is 5.32 Å². The maximum Gasteiger partial charge on any atom is 0.160 e. The molecule has 1 atom stereocenters. The Morgan fingerprint density at radius 2 is 2.09 bits per heavy atom. The molecule has 0 spiro atoms. The molecule has 0 saturated heterocycles. The number of Topliss-reactive ketones (excluding diaryl/α,β-unsaturated/α-hetero) is 1. The van der Waals surface area contributed by atoms with E-state index in [0.29, 0.717) is 12.3 Å². The maximum absolute atomic E-state index is 12.2. The molecule has 0 radical (unpaired) electrons. The van der Waals surface area contributed by atoms with E-state index in [1.807, 2.05) is 24.4 Å². The molecule has 0 unspecified atom stereocenters. The number of hydrogen-bond acceptors (Lipinski definition) is 2. The van der Waals surface area contributed by atoms with Crippen molar-refractivity contribution in [1.29, 1.82) is 0 Å². The fourth-order valence-electron chi connectivity index (χ4n) is 2.81. The van der Waals surface area contributed by atoms with Gasteiger partial charge in [0.25, 0.3) is 0 Å². The van der Waals surface area contributed by atoms with Crippen molar-refractivity contribution in [2.24, 2.45) is 11.3 Å². The Balaban J connectivity index is 2.13. The molecule has 0 heterocycles. The van der Waals surface area contributed by atoms with Crippen molar-refractivity contribution in [3.8, 4) is 0 Å². The van der Waals surface area contributed by atoms with Crippen LogP contribution in [0.4, 0.5) is 5.69 Å². The largest absolute Gasteiger partial charge is 0.360 e. The van der Waals surface area contributed by atoms with Crippen LogP contribution in [0, 0.1) is 11.3 Å². The predicted molar refractivity (Wildman–Crippen MR) is 100.0 cm³/mol. The third kappa shape index (κ3) is 4.23. The Bertz CT molecular complexity index is 593. The van der Waals surface area contributed by atoms with E-state index in [-0.39, 0.29) is 11.2 Å². The number of carbonyl (C=O) groups is 1. The van der Waals surface area contributed by atoms with E-state index >= 15 is 0 Å². The molecule has 120 valence electrons. The van der Waals surface area contributed by atoms with Crippen molar-refractivity contribution in [2.45, 2.75) is 46.5 Å². The highest BCUT2D eigenvalue weighted by Gasteiger charge is 2.33. The van der Waals surface area contributed by atoms with E-state index in [9.17, 15) is 4.79 Å². The van der Waals surface area contributed by atoms with Gasteiger partial charge in [0.2, 0.25) is 0 Å². The molecule has 1 aromatic carbocycles. The lowest BCUT2D eigenvalue weighted by molar-refractivity contribution is -0.117. The molecule has 1 saturated carbocycles. The molecule has 0 aliphatic heterocycles. The Hall–Kier alpha value is -0.610. The third-order valence-corrected chi connectivity index (χ3v) is 6.04. The summed E-state index contributed by atoms with van der Waals surface area (Å²) in [4.78, 5) is 12.2. The zero-order chi connectivity index (χ0) is 16.3. The van der Waals surface area contributed by atoms with Gasteiger partial charge in [-0.3, -0.25) is 4.79 Å². The van der Waals surface area contributed by atoms with Crippen molar-refractivity contribution >= 4 is 43.3 Å². The van der Waals surface area contributed by atoms with Crippen molar-refractivity contribution in [3.63, 3.8) is 0 Å². The van der Waals surface area contributed by atoms with Crippen molar-refractivity contribution in [1.82, 2.24) is 0 Å². The number of halogens is 2. The third-order valence-electron chi connectivity index (χ3n) is 4.89. The maximum atomic E-state index is 12.2. The molecule has 1 fully saturated rings. The Morgan fingerprint density at radius 3 is 2.73 bits per heavy atom. The molecule has 1 N–H and O–H groups in total. The smallest absolute Gasteiger partial charge is 0.160 e. The first-order chi connectivity index (χ1) is 10.3. The summed E-state index contributed by atoms with van der Waals surface area (Å²) in [5.41, 5.74) is 2.19. The molecule has 22 heavy (non-hydrogen) atoms. The number of anilines is 1. The SMILES string of the molecule is CCC(C)(C)[C@@H]1CCC(=O)/C(=C/Nc2ccc(Br)cc2Br)C1. The molecular formula is C18H23Br2NO. The van der Waals surface area contributed by atoms with Gasteiger partial charge in [-0.25, -0.2) is 0 Å². The Morgan fingerprint density at radius 1 is 1.36 bits per heavy atom. The lowest BCUT2D eigenvalue weighted by atomic mass is 9.68. The summed E-state index contributed by atoms with van der Waals surface area (Å²) in [6.45, 7) is 6.85. The normalized spacial score (nSPS) is 21.2. The first-order valence-electron chi connectivity index (χ1n) is 7.77. The van der Waals surface area contributed by atoms with Crippen LogP contribution in [-0.4, -0.2) is 5.78 Å². The monoisotopic (exact) mass is 427 g/mol. The van der Waals surface area contributed by atoms with Gasteiger partial charge in [-0.05, 0) is 58.3 Å². The van der Waals surface area contributed by atoms with Gasteiger partial charge >= 0.3 is 0 Å². The minimum absolute atomic E-state index is 0.281. The van der Waals surface area contributed by atoms with Gasteiger partial charge in [0.1, 0.15) is 0 Å². The van der Waals surface area contributed by atoms with E-state index in [1.165, 1.54) is 0 Å². The van der Waals surface area contributed by atoms with Gasteiger partial charge in [0, 0.05) is 27.1 Å². The number of allylic oxidation sites excluding steroid dienone is 1. The molecule has 2 nitrogen and oxygen atoms in total. The summed E-state index contributed by atoms with van der Waals surface area (Å²) in [6, 6.07) is 5.97. The molecule has 1 aliphatic carbocycles. The van der Waals surface area contributed by atoms with Gasteiger partial charge in [-0.2, -0.15) is 0 Å². The quantitative estimate of drug-likeness (QED) is 0.569. The Kier molecular flexibility index (Phi) is 5.89. The molecule has 4 heteroatoms.